The third-order valence-electron chi connectivity index (χ3n) is 2.64. The molecule has 1 aromatic heterocycles. The Hall–Kier alpha value is -2.00. The molecule has 0 saturated heterocycles. The Kier molecular flexibility index (Phi) is 4.34. The fourth-order valence-corrected chi connectivity index (χ4v) is 1.20. The Morgan fingerprint density at radius 1 is 1.67 bits per heavy atom. The molecule has 1 atom stereocenters. The lowest BCUT2D eigenvalue weighted by molar-refractivity contribution is -0.384. The van der Waals surface area contributed by atoms with Crippen LogP contribution in [0.2, 0.25) is 0 Å². The number of nitrogens with one attached hydrogen (secondary N) is 2. The number of aromatic nitrogens is 2. The highest BCUT2D eigenvalue weighted by molar-refractivity contribution is 5.58. The molecule has 1 unspecified atom stereocenters. The van der Waals surface area contributed by atoms with Gasteiger partial charge in [0.2, 0.25) is 11.8 Å². The fourth-order valence-electron chi connectivity index (χ4n) is 1.20. The molecule has 1 heterocycles. The topological polar surface area (TPSA) is 139 Å². The molecule has 5 N–H and O–H groups in total. The zero-order valence-corrected chi connectivity index (χ0v) is 10.2. The van der Waals surface area contributed by atoms with Crippen LogP contribution in [-0.2, 0) is 0 Å². The Morgan fingerprint density at radius 2 is 2.33 bits per heavy atom. The van der Waals surface area contributed by atoms with E-state index < -0.39 is 10.5 Å². The van der Waals surface area contributed by atoms with E-state index in [4.69, 9.17) is 5.84 Å². The molecule has 0 aliphatic carbocycles. The van der Waals surface area contributed by atoms with Gasteiger partial charge in [-0.3, -0.25) is 15.5 Å². The summed E-state index contributed by atoms with van der Waals surface area (Å²) in [4.78, 5) is 17.8. The van der Waals surface area contributed by atoms with Crippen LogP contribution in [0.5, 0.6) is 0 Å². The van der Waals surface area contributed by atoms with Gasteiger partial charge in [-0.15, -0.1) is 0 Å². The molecule has 0 aliphatic rings. The monoisotopic (exact) mass is 256 g/mol. The Balaban J connectivity index is 3.15. The summed E-state index contributed by atoms with van der Waals surface area (Å²) in [6.45, 7) is 3.39. The van der Waals surface area contributed by atoms with Gasteiger partial charge >= 0.3 is 5.69 Å². The van der Waals surface area contributed by atoms with Crippen LogP contribution in [0.25, 0.3) is 0 Å². The van der Waals surface area contributed by atoms with E-state index in [2.05, 4.69) is 20.7 Å². The first-order valence-corrected chi connectivity index (χ1v) is 5.33. The van der Waals surface area contributed by atoms with Gasteiger partial charge in [-0.1, -0.05) is 6.92 Å². The second-order valence-electron chi connectivity index (χ2n) is 4.03. The van der Waals surface area contributed by atoms with Gasteiger partial charge in [0.15, 0.2) is 0 Å². The van der Waals surface area contributed by atoms with E-state index in [1.54, 1.807) is 6.92 Å². The molecule has 1 aromatic rings. The van der Waals surface area contributed by atoms with Crippen LogP contribution in [0, 0.1) is 10.1 Å². The van der Waals surface area contributed by atoms with E-state index in [1.165, 1.54) is 0 Å². The predicted octanol–water partition coefficient (Wildman–Crippen LogP) is 0.243. The van der Waals surface area contributed by atoms with E-state index in [0.29, 0.717) is 6.42 Å². The highest BCUT2D eigenvalue weighted by atomic mass is 16.6. The molecule has 18 heavy (non-hydrogen) atoms. The van der Waals surface area contributed by atoms with Crippen LogP contribution in [0.3, 0.4) is 0 Å². The van der Waals surface area contributed by atoms with Crippen LogP contribution in [-0.4, -0.2) is 32.1 Å². The highest BCUT2D eigenvalue weighted by Gasteiger charge is 2.26. The SMILES string of the molecule is CCC(C)(CO)Nc1nc(NN)ncc1[N+](=O)[O-]. The zero-order valence-electron chi connectivity index (χ0n) is 10.2. The van der Waals surface area contributed by atoms with Crippen molar-refractivity contribution in [1.82, 2.24) is 9.97 Å². The third kappa shape index (κ3) is 3.02. The predicted molar refractivity (Wildman–Crippen MR) is 65.9 cm³/mol. The number of rotatable bonds is 6. The average Bonchev–Trinajstić information content (AvgIpc) is 2.38. The summed E-state index contributed by atoms with van der Waals surface area (Å²) in [5.74, 6) is 5.22. The van der Waals surface area contributed by atoms with E-state index >= 15 is 0 Å². The smallest absolute Gasteiger partial charge is 0.329 e. The molecule has 0 bridgehead atoms. The number of hydrazine groups is 1. The minimum atomic E-state index is -0.703. The molecular formula is C9H16N6O3. The van der Waals surface area contributed by atoms with Crippen molar-refractivity contribution in [1.29, 1.82) is 0 Å². The minimum absolute atomic E-state index is 0.0151. The highest BCUT2D eigenvalue weighted by Crippen LogP contribution is 2.26. The van der Waals surface area contributed by atoms with Gasteiger partial charge < -0.3 is 10.4 Å². The van der Waals surface area contributed by atoms with Gasteiger partial charge in [0.05, 0.1) is 17.1 Å². The number of hydrogen-bond donors (Lipinski definition) is 4. The van der Waals surface area contributed by atoms with Crippen LogP contribution in [0.1, 0.15) is 20.3 Å². The number of nitrogens with two attached hydrogens (primary N) is 1. The van der Waals surface area contributed by atoms with E-state index in [0.717, 1.165) is 6.20 Å². The van der Waals surface area contributed by atoms with Crippen LogP contribution >= 0.6 is 0 Å². The molecule has 0 spiro atoms. The molecule has 100 valence electrons. The first kappa shape index (κ1) is 14.1. The second kappa shape index (κ2) is 5.56. The standard InChI is InChI=1S/C9H16N6O3/c1-3-9(2,5-16)13-7-6(15(17)18)4-11-8(12-7)14-10/h4,16H,3,5,10H2,1-2H3,(H2,11,12,13,14). The number of aliphatic hydroxyl groups excluding tert-OH is 1. The zero-order chi connectivity index (χ0) is 13.8. The maximum atomic E-state index is 10.9. The Labute approximate surface area is 104 Å². The summed E-state index contributed by atoms with van der Waals surface area (Å²) in [5.41, 5.74) is 1.23. The fraction of sp³-hybridized carbons (Fsp3) is 0.556. The molecule has 1 rings (SSSR count). The summed E-state index contributed by atoms with van der Waals surface area (Å²) in [5, 5.41) is 23.0. The van der Waals surface area contributed by atoms with Gasteiger partial charge in [0.25, 0.3) is 0 Å². The molecule has 0 radical (unpaired) electrons. The largest absolute Gasteiger partial charge is 0.394 e. The number of anilines is 2. The van der Waals surface area contributed by atoms with Gasteiger partial charge in [0.1, 0.15) is 6.20 Å². The number of nitrogen functional groups attached to an aromatic ring is 1. The number of nitro groups is 1. The maximum Gasteiger partial charge on any atom is 0.329 e. The lowest BCUT2D eigenvalue weighted by Gasteiger charge is -2.27. The molecule has 9 heteroatoms. The molecule has 0 aliphatic heterocycles. The number of nitrogens with zero attached hydrogens (tertiary/aromatic N) is 3. The van der Waals surface area contributed by atoms with E-state index in [9.17, 15) is 15.2 Å². The van der Waals surface area contributed by atoms with Crippen molar-refractivity contribution in [3.63, 3.8) is 0 Å². The average molecular weight is 256 g/mol. The van der Waals surface area contributed by atoms with Crippen molar-refractivity contribution in [2.75, 3.05) is 17.3 Å². The third-order valence-corrected chi connectivity index (χ3v) is 2.64. The van der Waals surface area contributed by atoms with E-state index in [-0.39, 0.29) is 24.1 Å². The number of aliphatic hydroxyl groups is 1. The summed E-state index contributed by atoms with van der Waals surface area (Å²) in [6.07, 6.45) is 1.62. The van der Waals surface area contributed by atoms with Crippen LogP contribution in [0.15, 0.2) is 6.20 Å². The van der Waals surface area contributed by atoms with Crippen molar-refractivity contribution < 1.29 is 10.0 Å². The molecular weight excluding hydrogens is 240 g/mol. The number of hydrogen-bond acceptors (Lipinski definition) is 8. The lowest BCUT2D eigenvalue weighted by Crippen LogP contribution is -2.38. The van der Waals surface area contributed by atoms with Gasteiger partial charge in [-0.25, -0.2) is 10.8 Å². The summed E-state index contributed by atoms with van der Waals surface area (Å²) >= 11 is 0. The maximum absolute atomic E-state index is 10.9. The molecule has 0 saturated carbocycles. The first-order valence-electron chi connectivity index (χ1n) is 5.33. The second-order valence-corrected chi connectivity index (χ2v) is 4.03. The molecule has 0 fully saturated rings. The van der Waals surface area contributed by atoms with Crippen LogP contribution < -0.4 is 16.6 Å². The summed E-state index contributed by atoms with van der Waals surface area (Å²) in [6, 6.07) is 0. The van der Waals surface area contributed by atoms with Crippen molar-refractivity contribution in [3.8, 4) is 0 Å². The molecule has 0 amide bonds. The van der Waals surface area contributed by atoms with E-state index in [1.807, 2.05) is 6.92 Å². The van der Waals surface area contributed by atoms with Crippen LogP contribution in [0.4, 0.5) is 17.5 Å². The van der Waals surface area contributed by atoms with Gasteiger partial charge in [-0.05, 0) is 13.3 Å². The Morgan fingerprint density at radius 3 is 2.78 bits per heavy atom. The quantitative estimate of drug-likeness (QED) is 0.322. The van der Waals surface area contributed by atoms with Crippen molar-refractivity contribution in [3.05, 3.63) is 16.3 Å². The Bertz CT molecular complexity index is 434. The first-order chi connectivity index (χ1) is 8.45. The lowest BCUT2D eigenvalue weighted by atomic mass is 10.0. The molecule has 9 nitrogen and oxygen atoms in total. The minimum Gasteiger partial charge on any atom is -0.394 e. The van der Waals surface area contributed by atoms with Crippen molar-refractivity contribution in [2.24, 2.45) is 5.84 Å². The van der Waals surface area contributed by atoms with Gasteiger partial charge in [-0.2, -0.15) is 4.98 Å². The molecule has 0 aromatic carbocycles. The summed E-state index contributed by atoms with van der Waals surface area (Å²) < 4.78 is 0. The normalized spacial score (nSPS) is 13.8. The van der Waals surface area contributed by atoms with Crippen molar-refractivity contribution in [2.45, 2.75) is 25.8 Å². The van der Waals surface area contributed by atoms with Crippen molar-refractivity contribution >= 4 is 17.5 Å². The van der Waals surface area contributed by atoms with Gasteiger partial charge in [0, 0.05) is 0 Å². The summed E-state index contributed by atoms with van der Waals surface area (Å²) in [7, 11) is 0.